The van der Waals surface area contributed by atoms with Crippen molar-refractivity contribution in [2.45, 2.75) is 13.8 Å². The van der Waals surface area contributed by atoms with Gasteiger partial charge in [-0.2, -0.15) is 9.67 Å². The lowest BCUT2D eigenvalue weighted by molar-refractivity contribution is 0.0948. The third-order valence-corrected chi connectivity index (χ3v) is 4.00. The van der Waals surface area contributed by atoms with Crippen LogP contribution in [0.2, 0.25) is 0 Å². The van der Waals surface area contributed by atoms with E-state index < -0.39 is 5.82 Å². The summed E-state index contributed by atoms with van der Waals surface area (Å²) in [5, 5.41) is 5.97. The first kappa shape index (κ1) is 16.3. The van der Waals surface area contributed by atoms with Crippen LogP contribution in [0.1, 0.15) is 23.5 Å². The number of rotatable bonds is 5. The number of aromatic nitrogens is 3. The van der Waals surface area contributed by atoms with Crippen molar-refractivity contribution in [2.75, 3.05) is 6.61 Å². The third-order valence-electron chi connectivity index (χ3n) is 3.14. The standard InChI is InChI=1S/C17H16FN3O2S/c1-11(2)10-23-17-19-15(12-5-3-6-13(18)9-12)21(20-17)16(22)14-7-4-8-24-14/h3-9,11H,10H2,1-2H3. The number of ether oxygens (including phenoxy) is 1. The zero-order valence-corrected chi connectivity index (χ0v) is 14.1. The Balaban J connectivity index is 2.03. The minimum Gasteiger partial charge on any atom is -0.462 e. The summed E-state index contributed by atoms with van der Waals surface area (Å²) in [4.78, 5) is 17.5. The minimum absolute atomic E-state index is 0.105. The van der Waals surface area contributed by atoms with Gasteiger partial charge in [-0.25, -0.2) is 4.39 Å². The molecular weight excluding hydrogens is 329 g/mol. The van der Waals surface area contributed by atoms with Crippen LogP contribution in [0, 0.1) is 11.7 Å². The van der Waals surface area contributed by atoms with Crippen LogP contribution in [0.3, 0.4) is 0 Å². The van der Waals surface area contributed by atoms with E-state index in [1.165, 1.54) is 23.5 Å². The fourth-order valence-corrected chi connectivity index (χ4v) is 2.70. The van der Waals surface area contributed by atoms with E-state index >= 15 is 0 Å². The summed E-state index contributed by atoms with van der Waals surface area (Å²) in [6, 6.07) is 9.49. The fraction of sp³-hybridized carbons (Fsp3) is 0.235. The molecule has 0 fully saturated rings. The van der Waals surface area contributed by atoms with Crippen molar-refractivity contribution in [2.24, 2.45) is 5.92 Å². The highest BCUT2D eigenvalue weighted by Crippen LogP contribution is 2.23. The molecule has 7 heteroatoms. The summed E-state index contributed by atoms with van der Waals surface area (Å²) in [5.41, 5.74) is 0.465. The van der Waals surface area contributed by atoms with E-state index in [1.54, 1.807) is 24.3 Å². The summed E-state index contributed by atoms with van der Waals surface area (Å²) in [5.74, 6) is -0.180. The molecule has 5 nitrogen and oxygen atoms in total. The molecule has 0 saturated carbocycles. The molecule has 0 atom stereocenters. The predicted octanol–water partition coefficient (Wildman–Crippen LogP) is 3.87. The van der Waals surface area contributed by atoms with E-state index in [-0.39, 0.29) is 17.7 Å². The number of nitrogens with zero attached hydrogens (tertiary/aromatic N) is 3. The molecule has 0 spiro atoms. The highest BCUT2D eigenvalue weighted by molar-refractivity contribution is 7.12. The smallest absolute Gasteiger partial charge is 0.336 e. The second-order valence-corrected chi connectivity index (χ2v) is 6.58. The van der Waals surface area contributed by atoms with Crippen LogP contribution in [0.5, 0.6) is 6.01 Å². The largest absolute Gasteiger partial charge is 0.462 e. The van der Waals surface area contributed by atoms with Gasteiger partial charge in [0.05, 0.1) is 11.5 Å². The monoisotopic (exact) mass is 345 g/mol. The Kier molecular flexibility index (Phi) is 4.71. The van der Waals surface area contributed by atoms with E-state index in [9.17, 15) is 9.18 Å². The quantitative estimate of drug-likeness (QED) is 0.704. The Hall–Kier alpha value is -2.54. The van der Waals surface area contributed by atoms with Gasteiger partial charge in [0.15, 0.2) is 5.82 Å². The van der Waals surface area contributed by atoms with Crippen LogP contribution >= 0.6 is 11.3 Å². The van der Waals surface area contributed by atoms with Crippen molar-refractivity contribution < 1.29 is 13.9 Å². The first-order valence-electron chi connectivity index (χ1n) is 7.48. The number of halogens is 1. The molecule has 3 aromatic rings. The van der Waals surface area contributed by atoms with Crippen LogP contribution < -0.4 is 4.74 Å². The van der Waals surface area contributed by atoms with Gasteiger partial charge in [-0.1, -0.05) is 32.0 Å². The van der Waals surface area contributed by atoms with Crippen molar-refractivity contribution in [1.82, 2.24) is 14.8 Å². The minimum atomic E-state index is -0.407. The van der Waals surface area contributed by atoms with Gasteiger partial charge in [-0.05, 0) is 29.5 Å². The van der Waals surface area contributed by atoms with E-state index in [0.717, 1.165) is 4.68 Å². The van der Waals surface area contributed by atoms with Gasteiger partial charge in [-0.3, -0.25) is 4.79 Å². The van der Waals surface area contributed by atoms with E-state index in [2.05, 4.69) is 10.1 Å². The lowest BCUT2D eigenvalue weighted by Crippen LogP contribution is -2.14. The van der Waals surface area contributed by atoms with E-state index in [0.29, 0.717) is 23.0 Å². The number of thiophene rings is 1. The summed E-state index contributed by atoms with van der Waals surface area (Å²) >= 11 is 1.31. The molecule has 0 N–H and O–H groups in total. The third kappa shape index (κ3) is 3.51. The molecule has 0 radical (unpaired) electrons. The highest BCUT2D eigenvalue weighted by Gasteiger charge is 2.21. The SMILES string of the molecule is CC(C)COc1nc(-c2cccc(F)c2)n(C(=O)c2cccs2)n1. The lowest BCUT2D eigenvalue weighted by Gasteiger charge is -2.03. The molecule has 3 rings (SSSR count). The van der Waals surface area contributed by atoms with Gasteiger partial charge in [-0.15, -0.1) is 16.4 Å². The molecule has 2 aromatic heterocycles. The summed E-state index contributed by atoms with van der Waals surface area (Å²) in [6.45, 7) is 4.43. The van der Waals surface area contributed by atoms with Crippen molar-refractivity contribution in [3.8, 4) is 17.4 Å². The molecule has 124 valence electrons. The van der Waals surface area contributed by atoms with Gasteiger partial charge in [0.1, 0.15) is 5.82 Å². The number of hydrogen-bond acceptors (Lipinski definition) is 5. The molecule has 0 unspecified atom stereocenters. The Bertz CT molecular complexity index is 843. The number of carbonyl (C=O) groups excluding carboxylic acids is 1. The fourth-order valence-electron chi connectivity index (χ4n) is 2.06. The molecule has 0 saturated heterocycles. The van der Waals surface area contributed by atoms with Crippen LogP contribution in [0.4, 0.5) is 4.39 Å². The maximum atomic E-state index is 13.5. The maximum Gasteiger partial charge on any atom is 0.336 e. The average Bonchev–Trinajstić information content (AvgIpc) is 3.22. The van der Waals surface area contributed by atoms with Gasteiger partial charge in [0.2, 0.25) is 0 Å². The molecule has 0 aliphatic carbocycles. The molecule has 0 aliphatic heterocycles. The zero-order valence-electron chi connectivity index (χ0n) is 13.3. The molecular formula is C17H16FN3O2S. The molecule has 24 heavy (non-hydrogen) atoms. The van der Waals surface area contributed by atoms with Crippen molar-refractivity contribution in [1.29, 1.82) is 0 Å². The second-order valence-electron chi connectivity index (χ2n) is 5.63. The van der Waals surface area contributed by atoms with Crippen LogP contribution in [0.25, 0.3) is 11.4 Å². The van der Waals surface area contributed by atoms with Crippen molar-refractivity contribution >= 4 is 17.2 Å². The van der Waals surface area contributed by atoms with Gasteiger partial charge < -0.3 is 4.74 Å². The Labute approximate surface area is 142 Å². The van der Waals surface area contributed by atoms with Crippen molar-refractivity contribution in [3.05, 3.63) is 52.5 Å². The molecule has 0 bridgehead atoms. The average molecular weight is 345 g/mol. The van der Waals surface area contributed by atoms with Crippen LogP contribution in [-0.2, 0) is 0 Å². The summed E-state index contributed by atoms with van der Waals surface area (Å²) in [6.07, 6.45) is 0. The first-order chi connectivity index (χ1) is 11.5. The first-order valence-corrected chi connectivity index (χ1v) is 8.36. The molecule has 1 aromatic carbocycles. The summed E-state index contributed by atoms with van der Waals surface area (Å²) < 4.78 is 20.2. The number of hydrogen-bond donors (Lipinski definition) is 0. The zero-order chi connectivity index (χ0) is 17.1. The van der Waals surface area contributed by atoms with Gasteiger partial charge in [0.25, 0.3) is 5.91 Å². The topological polar surface area (TPSA) is 57.0 Å². The van der Waals surface area contributed by atoms with Crippen molar-refractivity contribution in [3.63, 3.8) is 0 Å². The molecule has 0 aliphatic rings. The van der Waals surface area contributed by atoms with E-state index in [4.69, 9.17) is 4.74 Å². The Morgan fingerprint density at radius 2 is 2.17 bits per heavy atom. The number of carbonyl (C=O) groups is 1. The normalized spacial score (nSPS) is 11.0. The van der Waals surface area contributed by atoms with E-state index in [1.807, 2.05) is 19.2 Å². The Morgan fingerprint density at radius 3 is 2.83 bits per heavy atom. The van der Waals surface area contributed by atoms with Gasteiger partial charge >= 0.3 is 6.01 Å². The Morgan fingerprint density at radius 1 is 1.33 bits per heavy atom. The van der Waals surface area contributed by atoms with Crippen LogP contribution in [0.15, 0.2) is 41.8 Å². The molecule has 2 heterocycles. The number of benzene rings is 1. The summed E-state index contributed by atoms with van der Waals surface area (Å²) in [7, 11) is 0. The predicted molar refractivity (Wildman–Crippen MR) is 89.8 cm³/mol. The maximum absolute atomic E-state index is 13.5. The lowest BCUT2D eigenvalue weighted by atomic mass is 10.2. The molecule has 0 amide bonds. The van der Waals surface area contributed by atoms with Gasteiger partial charge in [0, 0.05) is 5.56 Å². The highest BCUT2D eigenvalue weighted by atomic mass is 32.1. The second kappa shape index (κ2) is 6.92. The van der Waals surface area contributed by atoms with Crippen LogP contribution in [-0.4, -0.2) is 27.3 Å².